The average molecular weight is 400 g/mol. The fraction of sp³-hybridized carbons (Fsp3) is 0.318. The molecule has 27 heavy (non-hydrogen) atoms. The minimum Gasteiger partial charge on any atom is -0.347 e. The van der Waals surface area contributed by atoms with Crippen LogP contribution in [0.3, 0.4) is 0 Å². The topological polar surface area (TPSA) is 20.2 Å². The second-order valence-electron chi connectivity index (χ2n) is 6.78. The van der Waals surface area contributed by atoms with Crippen molar-refractivity contribution in [2.75, 3.05) is 5.32 Å². The van der Waals surface area contributed by atoms with Crippen LogP contribution in [-0.4, -0.2) is 20.6 Å². The second-order valence-corrected chi connectivity index (χ2v) is 7.60. The molecule has 0 unspecified atom stereocenters. The molecular formula is C22H26ClN3S. The summed E-state index contributed by atoms with van der Waals surface area (Å²) in [7, 11) is 0. The molecule has 3 nitrogen and oxygen atoms in total. The van der Waals surface area contributed by atoms with E-state index < -0.39 is 0 Å². The number of halogens is 1. The first-order valence-electron chi connectivity index (χ1n) is 9.43. The summed E-state index contributed by atoms with van der Waals surface area (Å²) < 4.78 is 2.30. The van der Waals surface area contributed by atoms with Crippen molar-refractivity contribution in [3.8, 4) is 0 Å². The molecule has 1 N–H and O–H groups in total. The van der Waals surface area contributed by atoms with Gasteiger partial charge in [-0.2, -0.15) is 0 Å². The minimum absolute atomic E-state index is 0.334. The second kappa shape index (κ2) is 8.77. The van der Waals surface area contributed by atoms with Crippen molar-refractivity contribution in [3.63, 3.8) is 0 Å². The Hall–Kier alpha value is -2.04. The molecule has 142 valence electrons. The van der Waals surface area contributed by atoms with Crippen molar-refractivity contribution < 1.29 is 0 Å². The molecule has 0 saturated carbocycles. The summed E-state index contributed by atoms with van der Waals surface area (Å²) in [5.41, 5.74) is 3.53. The molecule has 2 aromatic carbocycles. The number of hydrogen-bond donors (Lipinski definition) is 1. The lowest BCUT2D eigenvalue weighted by Crippen LogP contribution is -2.40. The molecule has 1 atom stereocenters. The summed E-state index contributed by atoms with van der Waals surface area (Å²) in [6.45, 7) is 8.32. The largest absolute Gasteiger partial charge is 0.347 e. The Kier molecular flexibility index (Phi) is 6.40. The highest BCUT2D eigenvalue weighted by molar-refractivity contribution is 7.80. The summed E-state index contributed by atoms with van der Waals surface area (Å²) in [4.78, 5) is 2.27. The van der Waals surface area contributed by atoms with Gasteiger partial charge in [0.05, 0.1) is 0 Å². The number of aryl methyl sites for hydroxylation is 1. The highest BCUT2D eigenvalue weighted by Crippen LogP contribution is 2.24. The molecule has 3 rings (SSSR count). The van der Waals surface area contributed by atoms with Gasteiger partial charge < -0.3 is 14.8 Å². The fourth-order valence-corrected chi connectivity index (χ4v) is 3.76. The van der Waals surface area contributed by atoms with Gasteiger partial charge in [-0.05, 0) is 68.4 Å². The van der Waals surface area contributed by atoms with Crippen LogP contribution in [0.15, 0.2) is 54.7 Å². The lowest BCUT2D eigenvalue weighted by atomic mass is 10.1. The van der Waals surface area contributed by atoms with E-state index >= 15 is 0 Å². The van der Waals surface area contributed by atoms with Crippen LogP contribution in [-0.2, 0) is 13.1 Å². The predicted octanol–water partition coefficient (Wildman–Crippen LogP) is 6.31. The number of thiocarbonyl (C=S) groups is 1. The molecule has 1 heterocycles. The van der Waals surface area contributed by atoms with E-state index in [1.54, 1.807) is 0 Å². The van der Waals surface area contributed by atoms with Gasteiger partial charge in [0.1, 0.15) is 0 Å². The fourth-order valence-electron chi connectivity index (χ4n) is 3.27. The number of nitrogens with zero attached hydrogens (tertiary/aromatic N) is 2. The normalized spacial score (nSPS) is 12.1. The molecular weight excluding hydrogens is 374 g/mol. The Bertz CT molecular complexity index is 917. The van der Waals surface area contributed by atoms with Gasteiger partial charge in [0.15, 0.2) is 5.11 Å². The van der Waals surface area contributed by atoms with Crippen molar-refractivity contribution in [2.45, 2.75) is 46.3 Å². The minimum atomic E-state index is 0.334. The van der Waals surface area contributed by atoms with E-state index in [4.69, 9.17) is 23.8 Å². The van der Waals surface area contributed by atoms with E-state index in [9.17, 15) is 0 Å². The van der Waals surface area contributed by atoms with Crippen molar-refractivity contribution in [1.29, 1.82) is 0 Å². The number of aromatic nitrogens is 1. The molecule has 0 aliphatic heterocycles. The number of benzene rings is 2. The standard InChI is InChI=1S/C22H26ClN3S/c1-4-16(3)26(22(27)24-19-12-10-18(23)11-13-19)15-17-14-25(5-2)21-9-7-6-8-20(17)21/h6-14,16H,4-5,15H2,1-3H3,(H,24,27)/t16-/m0/s1. The third-order valence-electron chi connectivity index (χ3n) is 5.03. The van der Waals surface area contributed by atoms with Gasteiger partial charge >= 0.3 is 0 Å². The zero-order valence-corrected chi connectivity index (χ0v) is 17.6. The first-order valence-corrected chi connectivity index (χ1v) is 10.2. The van der Waals surface area contributed by atoms with Crippen molar-refractivity contribution >= 4 is 45.5 Å². The van der Waals surface area contributed by atoms with Crippen molar-refractivity contribution in [3.05, 3.63) is 65.3 Å². The maximum atomic E-state index is 5.99. The van der Waals surface area contributed by atoms with Gasteiger partial charge in [0.2, 0.25) is 0 Å². The monoisotopic (exact) mass is 399 g/mol. The summed E-state index contributed by atoms with van der Waals surface area (Å²) >= 11 is 11.8. The quantitative estimate of drug-likeness (QED) is 0.490. The summed E-state index contributed by atoms with van der Waals surface area (Å²) in [6, 6.07) is 16.5. The lowest BCUT2D eigenvalue weighted by molar-refractivity contribution is 0.320. The maximum Gasteiger partial charge on any atom is 0.173 e. The van der Waals surface area contributed by atoms with E-state index in [1.807, 2.05) is 24.3 Å². The molecule has 0 amide bonds. The Morgan fingerprint density at radius 3 is 2.52 bits per heavy atom. The van der Waals surface area contributed by atoms with Crippen LogP contribution in [0.25, 0.3) is 10.9 Å². The summed E-state index contributed by atoms with van der Waals surface area (Å²) in [5.74, 6) is 0. The molecule has 0 bridgehead atoms. The summed E-state index contributed by atoms with van der Waals surface area (Å²) in [6.07, 6.45) is 3.28. The number of anilines is 1. The smallest absolute Gasteiger partial charge is 0.173 e. The SMILES string of the molecule is CC[C@H](C)N(Cc1cn(CC)c2ccccc12)C(=S)Nc1ccc(Cl)cc1. The van der Waals surface area contributed by atoms with E-state index in [2.05, 4.69) is 66.0 Å². The molecule has 3 aromatic rings. The Labute approximate surface area is 171 Å². The highest BCUT2D eigenvalue weighted by Gasteiger charge is 2.19. The van der Waals surface area contributed by atoms with Crippen LogP contribution in [0.5, 0.6) is 0 Å². The number of nitrogens with one attached hydrogen (secondary N) is 1. The molecule has 0 saturated heterocycles. The third kappa shape index (κ3) is 4.45. The third-order valence-corrected chi connectivity index (χ3v) is 5.62. The van der Waals surface area contributed by atoms with Crippen molar-refractivity contribution in [1.82, 2.24) is 9.47 Å². The van der Waals surface area contributed by atoms with E-state index in [1.165, 1.54) is 16.5 Å². The number of hydrogen-bond acceptors (Lipinski definition) is 1. The molecule has 1 aromatic heterocycles. The van der Waals surface area contributed by atoms with Crippen LogP contribution in [0.1, 0.15) is 32.8 Å². The van der Waals surface area contributed by atoms with Gasteiger partial charge in [-0.15, -0.1) is 0 Å². The van der Waals surface area contributed by atoms with Crippen LogP contribution < -0.4 is 5.32 Å². The van der Waals surface area contributed by atoms with Crippen LogP contribution in [0.2, 0.25) is 5.02 Å². The van der Waals surface area contributed by atoms with Gasteiger partial charge in [-0.3, -0.25) is 0 Å². The Balaban J connectivity index is 1.87. The molecule has 5 heteroatoms. The number of para-hydroxylation sites is 1. The summed E-state index contributed by atoms with van der Waals surface area (Å²) in [5, 5.41) is 6.12. The Morgan fingerprint density at radius 1 is 1.15 bits per heavy atom. The first kappa shape index (κ1) is 19.7. The number of rotatable bonds is 6. The molecule has 0 fully saturated rings. The zero-order valence-electron chi connectivity index (χ0n) is 16.1. The van der Waals surface area contributed by atoms with Crippen molar-refractivity contribution in [2.24, 2.45) is 0 Å². The van der Waals surface area contributed by atoms with Gasteiger partial charge in [-0.1, -0.05) is 36.7 Å². The van der Waals surface area contributed by atoms with Gasteiger partial charge in [-0.25, -0.2) is 0 Å². The van der Waals surface area contributed by atoms with Crippen LogP contribution in [0.4, 0.5) is 5.69 Å². The molecule has 0 radical (unpaired) electrons. The highest BCUT2D eigenvalue weighted by atomic mass is 35.5. The average Bonchev–Trinajstić information content (AvgIpc) is 3.05. The predicted molar refractivity (Wildman–Crippen MR) is 121 cm³/mol. The van der Waals surface area contributed by atoms with E-state index in [-0.39, 0.29) is 0 Å². The molecule has 0 aliphatic rings. The van der Waals surface area contributed by atoms with Gasteiger partial charge in [0, 0.05) is 46.9 Å². The number of fused-ring (bicyclic) bond motifs is 1. The Morgan fingerprint density at radius 2 is 1.85 bits per heavy atom. The molecule has 0 aliphatic carbocycles. The first-order chi connectivity index (χ1) is 13.0. The van der Waals surface area contributed by atoms with E-state index in [0.717, 1.165) is 35.3 Å². The zero-order chi connectivity index (χ0) is 19.4. The molecule has 0 spiro atoms. The van der Waals surface area contributed by atoms with Gasteiger partial charge in [0.25, 0.3) is 0 Å². The van der Waals surface area contributed by atoms with Crippen LogP contribution in [0, 0.1) is 0 Å². The maximum absolute atomic E-state index is 5.99. The van der Waals surface area contributed by atoms with E-state index in [0.29, 0.717) is 6.04 Å². The van der Waals surface area contributed by atoms with Crippen LogP contribution >= 0.6 is 23.8 Å². The lowest BCUT2D eigenvalue weighted by Gasteiger charge is -2.31.